The smallest absolute Gasteiger partial charge is 0.407 e. The molecule has 5 rings (SSSR count). The van der Waals surface area contributed by atoms with E-state index in [1.807, 2.05) is 44.2 Å². The zero-order chi connectivity index (χ0) is 30.6. The number of methoxy groups -OCH3 is 1. The first-order valence-electron chi connectivity index (χ1n) is 14.8. The van der Waals surface area contributed by atoms with E-state index in [2.05, 4.69) is 5.32 Å². The van der Waals surface area contributed by atoms with Gasteiger partial charge in [-0.15, -0.1) is 0 Å². The minimum Gasteiger partial charge on any atom is -0.497 e. The van der Waals surface area contributed by atoms with Crippen LogP contribution in [0.1, 0.15) is 25.8 Å². The second-order valence-corrected chi connectivity index (χ2v) is 13.8. The maximum Gasteiger partial charge on any atom is 0.407 e. The van der Waals surface area contributed by atoms with Crippen LogP contribution in [0.2, 0.25) is 0 Å². The van der Waals surface area contributed by atoms with Gasteiger partial charge in [-0.05, 0) is 48.6 Å². The monoisotopic (exact) mass is 618 g/mol. The van der Waals surface area contributed by atoms with Gasteiger partial charge >= 0.3 is 6.09 Å². The van der Waals surface area contributed by atoms with Crippen molar-refractivity contribution < 1.29 is 42.0 Å². The number of alkyl carbamates (subject to hydrolysis) is 1. The van der Waals surface area contributed by atoms with Crippen molar-refractivity contribution in [3.05, 3.63) is 60.2 Å². The maximum atomic E-state index is 13.7. The molecule has 11 nitrogen and oxygen atoms in total. The third-order valence-corrected chi connectivity index (χ3v) is 10.1. The SMILES string of the molecule is COc1ccc(S(=O)(=O)N(CC(C)C)C[C@@H](O)[C@H](Cc2ccccc2)NC(=O)O[C@H]2COC[C@H]3O[C@@H]4OCC[C@@H]4[C@@H]23)cc1. The molecule has 2 aromatic rings. The van der Waals surface area contributed by atoms with Crippen molar-refractivity contribution in [1.29, 1.82) is 0 Å². The predicted molar refractivity (Wildman–Crippen MR) is 157 cm³/mol. The number of nitrogens with one attached hydrogen (secondary N) is 1. The number of ether oxygens (including phenoxy) is 5. The number of hydrogen-bond donors (Lipinski definition) is 2. The lowest BCUT2D eigenvalue weighted by atomic mass is 9.83. The number of nitrogens with zero attached hydrogens (tertiary/aromatic N) is 1. The molecule has 3 fully saturated rings. The molecular formula is C31H42N2O9S. The Balaban J connectivity index is 1.32. The molecule has 0 radical (unpaired) electrons. The Morgan fingerprint density at radius 2 is 1.84 bits per heavy atom. The van der Waals surface area contributed by atoms with E-state index < -0.39 is 34.4 Å². The minimum absolute atomic E-state index is 0.0120. The second kappa shape index (κ2) is 13.9. The third kappa shape index (κ3) is 7.50. The standard InChI is InChI=1S/C31H42N2O9S/c1-20(2)16-33(43(36,37)23-11-9-22(38-3)10-12-23)17-26(34)25(15-21-7-5-4-6-8-21)32-31(35)42-28-19-39-18-27-29(28)24-13-14-40-30(24)41-27/h4-12,20,24-30,34H,13-19H2,1-3H3,(H,32,35)/t24-,25+,26-,27-,28+,29-,30+/m1/s1. The molecule has 3 aliphatic heterocycles. The molecule has 3 saturated heterocycles. The first-order valence-corrected chi connectivity index (χ1v) is 16.3. The molecule has 0 aliphatic carbocycles. The number of amides is 1. The van der Waals surface area contributed by atoms with E-state index in [1.165, 1.54) is 23.5 Å². The summed E-state index contributed by atoms with van der Waals surface area (Å²) in [4.78, 5) is 13.4. The number of carbonyl (C=O) groups is 1. The highest BCUT2D eigenvalue weighted by Gasteiger charge is 2.54. The van der Waals surface area contributed by atoms with Gasteiger partial charge in [-0.2, -0.15) is 4.31 Å². The average molecular weight is 619 g/mol. The van der Waals surface area contributed by atoms with E-state index in [-0.39, 0.29) is 61.2 Å². The van der Waals surface area contributed by atoms with Crippen molar-refractivity contribution in [1.82, 2.24) is 9.62 Å². The average Bonchev–Trinajstić information content (AvgIpc) is 3.59. The summed E-state index contributed by atoms with van der Waals surface area (Å²) in [5.41, 5.74) is 0.872. The van der Waals surface area contributed by atoms with Gasteiger partial charge in [-0.25, -0.2) is 13.2 Å². The lowest BCUT2D eigenvalue weighted by molar-refractivity contribution is -0.154. The number of sulfonamides is 1. The molecule has 0 aromatic heterocycles. The summed E-state index contributed by atoms with van der Waals surface area (Å²) in [7, 11) is -2.45. The van der Waals surface area contributed by atoms with E-state index in [4.69, 9.17) is 23.7 Å². The van der Waals surface area contributed by atoms with Crippen LogP contribution < -0.4 is 10.1 Å². The van der Waals surface area contributed by atoms with Crippen molar-refractivity contribution in [3.8, 4) is 5.75 Å². The lowest BCUT2D eigenvalue weighted by Gasteiger charge is -2.35. The van der Waals surface area contributed by atoms with Crippen LogP contribution in [0.5, 0.6) is 5.75 Å². The van der Waals surface area contributed by atoms with Crippen LogP contribution in [0.3, 0.4) is 0 Å². The number of aliphatic hydroxyl groups is 1. The van der Waals surface area contributed by atoms with Gasteiger partial charge in [-0.3, -0.25) is 0 Å². The summed E-state index contributed by atoms with van der Waals surface area (Å²) in [6, 6.07) is 14.7. The number of benzene rings is 2. The summed E-state index contributed by atoms with van der Waals surface area (Å²) in [5, 5.41) is 14.4. The number of rotatable bonds is 12. The van der Waals surface area contributed by atoms with E-state index >= 15 is 0 Å². The Morgan fingerprint density at radius 3 is 2.53 bits per heavy atom. The van der Waals surface area contributed by atoms with Gasteiger partial charge in [0.05, 0.1) is 50.1 Å². The molecule has 0 spiro atoms. The molecule has 236 valence electrons. The van der Waals surface area contributed by atoms with Crippen molar-refractivity contribution in [2.75, 3.05) is 40.0 Å². The van der Waals surface area contributed by atoms with Crippen molar-refractivity contribution in [2.45, 2.75) is 62.2 Å². The number of carbonyl (C=O) groups excluding carboxylic acids is 1. The molecule has 0 unspecified atom stereocenters. The van der Waals surface area contributed by atoms with E-state index in [1.54, 1.807) is 12.1 Å². The van der Waals surface area contributed by atoms with Crippen LogP contribution in [-0.4, -0.2) is 94.6 Å². The van der Waals surface area contributed by atoms with Gasteiger partial charge in [0.15, 0.2) is 6.29 Å². The Kier molecular flexibility index (Phi) is 10.3. The topological polar surface area (TPSA) is 133 Å². The van der Waals surface area contributed by atoms with E-state index in [0.29, 0.717) is 19.0 Å². The van der Waals surface area contributed by atoms with Crippen molar-refractivity contribution >= 4 is 16.1 Å². The molecule has 12 heteroatoms. The van der Waals surface area contributed by atoms with E-state index in [0.717, 1.165) is 12.0 Å². The molecule has 2 aromatic carbocycles. The van der Waals surface area contributed by atoms with Crippen LogP contribution >= 0.6 is 0 Å². The first-order chi connectivity index (χ1) is 20.7. The quantitative estimate of drug-likeness (QED) is 0.369. The normalized spacial score (nSPS) is 26.5. The van der Waals surface area contributed by atoms with Crippen molar-refractivity contribution in [3.63, 3.8) is 0 Å². The Morgan fingerprint density at radius 1 is 1.09 bits per heavy atom. The number of fused-ring (bicyclic) bond motifs is 3. The number of aliphatic hydroxyl groups excluding tert-OH is 1. The number of hydrogen-bond acceptors (Lipinski definition) is 9. The third-order valence-electron chi connectivity index (χ3n) is 8.29. The minimum atomic E-state index is -3.96. The molecule has 7 atom stereocenters. The van der Waals surface area contributed by atoms with Crippen LogP contribution in [0, 0.1) is 17.8 Å². The summed E-state index contributed by atoms with van der Waals surface area (Å²) in [5.74, 6) is 0.614. The maximum absolute atomic E-state index is 13.7. The molecular weight excluding hydrogens is 576 g/mol. The van der Waals surface area contributed by atoms with Gasteiger partial charge in [0.1, 0.15) is 11.9 Å². The van der Waals surface area contributed by atoms with Gasteiger partial charge in [0.2, 0.25) is 10.0 Å². The first kappa shape index (κ1) is 31.7. The second-order valence-electron chi connectivity index (χ2n) is 11.8. The molecule has 2 N–H and O–H groups in total. The summed E-state index contributed by atoms with van der Waals surface area (Å²) < 4.78 is 57.1. The van der Waals surface area contributed by atoms with Gasteiger partial charge < -0.3 is 34.1 Å². The molecule has 3 heterocycles. The highest BCUT2D eigenvalue weighted by atomic mass is 32.2. The zero-order valence-electron chi connectivity index (χ0n) is 24.8. The Labute approximate surface area is 253 Å². The highest BCUT2D eigenvalue weighted by Crippen LogP contribution is 2.44. The Bertz CT molecular complexity index is 1310. The van der Waals surface area contributed by atoms with Crippen LogP contribution in [0.15, 0.2) is 59.5 Å². The fraction of sp³-hybridized carbons (Fsp3) is 0.581. The molecule has 1 amide bonds. The van der Waals surface area contributed by atoms with Gasteiger partial charge in [-0.1, -0.05) is 44.2 Å². The van der Waals surface area contributed by atoms with Gasteiger partial charge in [0.25, 0.3) is 0 Å². The zero-order valence-corrected chi connectivity index (χ0v) is 25.6. The molecule has 0 bridgehead atoms. The summed E-state index contributed by atoms with van der Waals surface area (Å²) in [6.07, 6.45) is -1.89. The molecule has 3 aliphatic rings. The molecule has 0 saturated carbocycles. The largest absolute Gasteiger partial charge is 0.497 e. The summed E-state index contributed by atoms with van der Waals surface area (Å²) in [6.45, 7) is 5.05. The van der Waals surface area contributed by atoms with Crippen molar-refractivity contribution in [2.24, 2.45) is 17.8 Å². The fourth-order valence-corrected chi connectivity index (χ4v) is 7.83. The van der Waals surface area contributed by atoms with E-state index in [9.17, 15) is 18.3 Å². The van der Waals surface area contributed by atoms with Crippen LogP contribution in [0.4, 0.5) is 4.79 Å². The van der Waals surface area contributed by atoms with Crippen LogP contribution in [-0.2, 0) is 35.4 Å². The highest BCUT2D eigenvalue weighted by molar-refractivity contribution is 7.89. The molecule has 43 heavy (non-hydrogen) atoms. The summed E-state index contributed by atoms with van der Waals surface area (Å²) >= 11 is 0. The Hall–Kier alpha value is -2.74. The predicted octanol–water partition coefficient (Wildman–Crippen LogP) is 2.82. The van der Waals surface area contributed by atoms with Crippen LogP contribution in [0.25, 0.3) is 0 Å². The fourth-order valence-electron chi connectivity index (χ4n) is 6.21. The lowest BCUT2D eigenvalue weighted by Crippen LogP contribution is -2.53. The van der Waals surface area contributed by atoms with Gasteiger partial charge in [0, 0.05) is 24.9 Å².